The zero-order valence-electron chi connectivity index (χ0n) is 11.0. The van der Waals surface area contributed by atoms with Gasteiger partial charge in [-0.2, -0.15) is 5.10 Å². The lowest BCUT2D eigenvalue weighted by Gasteiger charge is -2.04. The largest absolute Gasteiger partial charge is 0.390 e. The average molecular weight is 284 g/mol. The normalized spacial score (nSPS) is 11.8. The van der Waals surface area contributed by atoms with E-state index < -0.39 is 10.0 Å². The van der Waals surface area contributed by atoms with E-state index >= 15 is 0 Å². The fourth-order valence-electron chi connectivity index (χ4n) is 1.78. The summed E-state index contributed by atoms with van der Waals surface area (Å²) < 4.78 is 30.0. The number of aryl methyl sites for hydroxylation is 3. The van der Waals surface area contributed by atoms with E-state index in [1.807, 2.05) is 0 Å². The highest BCUT2D eigenvalue weighted by Crippen LogP contribution is 2.20. The molecule has 0 aliphatic carbocycles. The van der Waals surface area contributed by atoms with Gasteiger partial charge in [0.1, 0.15) is 4.90 Å². The molecule has 19 heavy (non-hydrogen) atoms. The standard InChI is InChI=1S/C11H16N4O3S/c1-8-11(6-15(3)12-8)13-19(17,18)10-4-9(7-16)14(2)5-10/h4-6,13,16H,7H2,1-3H3. The number of hydrogen-bond acceptors (Lipinski definition) is 4. The second kappa shape index (κ2) is 4.71. The maximum atomic E-state index is 12.2. The summed E-state index contributed by atoms with van der Waals surface area (Å²) in [5.74, 6) is 0. The van der Waals surface area contributed by atoms with Crippen LogP contribution in [0.4, 0.5) is 5.69 Å². The average Bonchev–Trinajstić information content (AvgIpc) is 2.82. The Morgan fingerprint density at radius 2 is 2.05 bits per heavy atom. The quantitative estimate of drug-likeness (QED) is 0.848. The molecule has 0 spiro atoms. The van der Waals surface area contributed by atoms with Crippen LogP contribution in [0.1, 0.15) is 11.4 Å². The Morgan fingerprint density at radius 3 is 2.53 bits per heavy atom. The molecule has 104 valence electrons. The highest BCUT2D eigenvalue weighted by molar-refractivity contribution is 7.92. The van der Waals surface area contributed by atoms with Gasteiger partial charge >= 0.3 is 0 Å². The van der Waals surface area contributed by atoms with Crippen molar-refractivity contribution in [3.8, 4) is 0 Å². The lowest BCUT2D eigenvalue weighted by Crippen LogP contribution is -2.12. The lowest BCUT2D eigenvalue weighted by atomic mass is 10.4. The fraction of sp³-hybridized carbons (Fsp3) is 0.364. The van der Waals surface area contributed by atoms with Gasteiger partial charge < -0.3 is 9.67 Å². The monoisotopic (exact) mass is 284 g/mol. The Hall–Kier alpha value is -1.80. The Bertz CT molecular complexity index is 700. The molecule has 2 rings (SSSR count). The van der Waals surface area contributed by atoms with Gasteiger partial charge in [-0.05, 0) is 13.0 Å². The Kier molecular flexibility index (Phi) is 3.38. The minimum atomic E-state index is -3.67. The van der Waals surface area contributed by atoms with Gasteiger partial charge in [0.2, 0.25) is 0 Å². The number of aliphatic hydroxyl groups excluding tert-OH is 1. The van der Waals surface area contributed by atoms with Crippen molar-refractivity contribution in [2.45, 2.75) is 18.4 Å². The van der Waals surface area contributed by atoms with Crippen molar-refractivity contribution in [2.24, 2.45) is 14.1 Å². The van der Waals surface area contributed by atoms with Gasteiger partial charge in [-0.3, -0.25) is 9.40 Å². The van der Waals surface area contributed by atoms with Crippen molar-refractivity contribution in [3.63, 3.8) is 0 Å². The molecule has 8 heteroatoms. The number of sulfonamides is 1. The SMILES string of the molecule is Cc1nn(C)cc1NS(=O)(=O)c1cc(CO)n(C)c1. The summed E-state index contributed by atoms with van der Waals surface area (Å²) in [6.45, 7) is 1.51. The Morgan fingerprint density at radius 1 is 1.37 bits per heavy atom. The van der Waals surface area contributed by atoms with Gasteiger partial charge in [0.15, 0.2) is 0 Å². The summed E-state index contributed by atoms with van der Waals surface area (Å²) in [5, 5.41) is 13.2. The molecule has 0 bridgehead atoms. The minimum Gasteiger partial charge on any atom is -0.390 e. The topological polar surface area (TPSA) is 89.2 Å². The van der Waals surface area contributed by atoms with E-state index in [1.165, 1.54) is 16.9 Å². The molecule has 0 amide bonds. The summed E-state index contributed by atoms with van der Waals surface area (Å²) in [6, 6.07) is 1.44. The summed E-state index contributed by atoms with van der Waals surface area (Å²) >= 11 is 0. The second-order valence-electron chi connectivity index (χ2n) is 4.34. The molecule has 0 saturated carbocycles. The van der Waals surface area contributed by atoms with E-state index in [9.17, 15) is 8.42 Å². The predicted molar refractivity (Wildman–Crippen MR) is 70.1 cm³/mol. The van der Waals surface area contributed by atoms with Gasteiger partial charge in [-0.15, -0.1) is 0 Å². The van der Waals surface area contributed by atoms with Gasteiger partial charge in [-0.1, -0.05) is 0 Å². The number of rotatable bonds is 4. The van der Waals surface area contributed by atoms with Crippen LogP contribution in [0.25, 0.3) is 0 Å². The third kappa shape index (κ3) is 2.64. The van der Waals surface area contributed by atoms with Crippen molar-refractivity contribution in [1.29, 1.82) is 0 Å². The van der Waals surface area contributed by atoms with Crippen LogP contribution in [0.5, 0.6) is 0 Å². The molecular weight excluding hydrogens is 268 g/mol. The van der Waals surface area contributed by atoms with Crippen LogP contribution in [0.3, 0.4) is 0 Å². The number of aliphatic hydroxyl groups is 1. The van der Waals surface area contributed by atoms with Crippen LogP contribution in [-0.2, 0) is 30.7 Å². The molecule has 0 unspecified atom stereocenters. The third-order valence-electron chi connectivity index (χ3n) is 2.81. The molecule has 2 aromatic heterocycles. The molecular formula is C11H16N4O3S. The van der Waals surface area contributed by atoms with Crippen molar-refractivity contribution in [3.05, 3.63) is 29.8 Å². The Labute approximate surface area is 111 Å². The summed E-state index contributed by atoms with van der Waals surface area (Å²) in [7, 11) is -0.270. The molecule has 2 N–H and O–H groups in total. The van der Waals surface area contributed by atoms with Crippen LogP contribution in [0.15, 0.2) is 23.4 Å². The molecule has 7 nitrogen and oxygen atoms in total. The van der Waals surface area contributed by atoms with E-state index in [2.05, 4.69) is 9.82 Å². The molecule has 0 atom stereocenters. The highest BCUT2D eigenvalue weighted by atomic mass is 32.2. The summed E-state index contributed by atoms with van der Waals surface area (Å²) in [6.07, 6.45) is 3.06. The number of nitrogens with one attached hydrogen (secondary N) is 1. The van der Waals surface area contributed by atoms with Crippen molar-refractivity contribution < 1.29 is 13.5 Å². The van der Waals surface area contributed by atoms with E-state index in [-0.39, 0.29) is 11.5 Å². The van der Waals surface area contributed by atoms with Crippen LogP contribution in [-0.4, -0.2) is 27.9 Å². The maximum Gasteiger partial charge on any atom is 0.263 e. The first-order valence-electron chi connectivity index (χ1n) is 5.62. The number of aromatic nitrogens is 3. The molecule has 0 saturated heterocycles. The molecule has 2 aromatic rings. The zero-order chi connectivity index (χ0) is 14.2. The summed E-state index contributed by atoms with van der Waals surface area (Å²) in [5.41, 5.74) is 1.57. The maximum absolute atomic E-state index is 12.2. The van der Waals surface area contributed by atoms with Gasteiger partial charge in [0, 0.05) is 32.2 Å². The fourth-order valence-corrected chi connectivity index (χ4v) is 2.98. The van der Waals surface area contributed by atoms with Crippen LogP contribution in [0, 0.1) is 6.92 Å². The van der Waals surface area contributed by atoms with E-state index in [0.717, 1.165) is 0 Å². The number of hydrogen-bond donors (Lipinski definition) is 2. The lowest BCUT2D eigenvalue weighted by molar-refractivity contribution is 0.272. The number of nitrogens with zero attached hydrogens (tertiary/aromatic N) is 3. The predicted octanol–water partition coefficient (Wildman–Crippen LogP) is 0.360. The van der Waals surface area contributed by atoms with E-state index in [1.54, 1.807) is 31.8 Å². The summed E-state index contributed by atoms with van der Waals surface area (Å²) in [4.78, 5) is 0.113. The molecule has 0 fully saturated rings. The van der Waals surface area contributed by atoms with Crippen molar-refractivity contribution in [2.75, 3.05) is 4.72 Å². The highest BCUT2D eigenvalue weighted by Gasteiger charge is 2.19. The second-order valence-corrected chi connectivity index (χ2v) is 6.03. The van der Waals surface area contributed by atoms with Crippen molar-refractivity contribution in [1.82, 2.24) is 14.3 Å². The molecule has 2 heterocycles. The minimum absolute atomic E-state index is 0.113. The van der Waals surface area contributed by atoms with Gasteiger partial charge in [0.05, 0.1) is 18.0 Å². The smallest absolute Gasteiger partial charge is 0.263 e. The first-order valence-corrected chi connectivity index (χ1v) is 7.11. The van der Waals surface area contributed by atoms with E-state index in [4.69, 9.17) is 5.11 Å². The van der Waals surface area contributed by atoms with Crippen LogP contribution >= 0.6 is 0 Å². The Balaban J connectivity index is 2.34. The molecule has 0 aliphatic heterocycles. The molecule has 0 radical (unpaired) electrons. The first-order chi connectivity index (χ1) is 8.83. The number of anilines is 1. The van der Waals surface area contributed by atoms with E-state index in [0.29, 0.717) is 17.1 Å². The zero-order valence-corrected chi connectivity index (χ0v) is 11.8. The first kappa shape index (κ1) is 13.6. The van der Waals surface area contributed by atoms with Crippen molar-refractivity contribution >= 4 is 15.7 Å². The molecule has 0 aromatic carbocycles. The van der Waals surface area contributed by atoms with Crippen LogP contribution < -0.4 is 4.72 Å². The third-order valence-corrected chi connectivity index (χ3v) is 4.15. The van der Waals surface area contributed by atoms with Gasteiger partial charge in [0.25, 0.3) is 10.0 Å². The van der Waals surface area contributed by atoms with Crippen LogP contribution in [0.2, 0.25) is 0 Å². The van der Waals surface area contributed by atoms with Gasteiger partial charge in [-0.25, -0.2) is 8.42 Å². The molecule has 0 aliphatic rings.